The molecular formula is C22H29NO2. The van der Waals surface area contributed by atoms with Gasteiger partial charge < -0.3 is 10.1 Å². The Morgan fingerprint density at radius 1 is 1.00 bits per heavy atom. The molecule has 0 fully saturated rings. The van der Waals surface area contributed by atoms with Crippen molar-refractivity contribution in [3.05, 3.63) is 58.7 Å². The highest BCUT2D eigenvalue weighted by Gasteiger charge is 2.20. The number of hydrogen-bond acceptors (Lipinski definition) is 2. The first-order chi connectivity index (χ1) is 12.0. The molecule has 0 aliphatic heterocycles. The van der Waals surface area contributed by atoms with E-state index in [1.54, 1.807) is 0 Å². The SMILES string of the molecule is CCc1cccc(CC)c1NC(=O)C(CC)Oc1ccc(C)c(C)c1. The number of para-hydroxylation sites is 1. The lowest BCUT2D eigenvalue weighted by Gasteiger charge is -2.20. The molecule has 0 heterocycles. The quantitative estimate of drug-likeness (QED) is 0.750. The zero-order valence-electron chi connectivity index (χ0n) is 16.0. The van der Waals surface area contributed by atoms with Crippen molar-refractivity contribution in [2.75, 3.05) is 5.32 Å². The molecule has 0 aliphatic carbocycles. The second kappa shape index (κ2) is 8.70. The maximum absolute atomic E-state index is 12.8. The summed E-state index contributed by atoms with van der Waals surface area (Å²) in [5, 5.41) is 3.11. The maximum Gasteiger partial charge on any atom is 0.265 e. The van der Waals surface area contributed by atoms with Crippen LogP contribution in [0.1, 0.15) is 49.4 Å². The minimum Gasteiger partial charge on any atom is -0.481 e. The van der Waals surface area contributed by atoms with Crippen molar-refractivity contribution >= 4 is 11.6 Å². The third-order valence-corrected chi connectivity index (χ3v) is 4.67. The number of nitrogens with one attached hydrogen (secondary N) is 1. The van der Waals surface area contributed by atoms with E-state index in [1.807, 2.05) is 32.0 Å². The fourth-order valence-corrected chi connectivity index (χ4v) is 2.88. The van der Waals surface area contributed by atoms with Crippen LogP contribution >= 0.6 is 0 Å². The molecule has 2 aromatic rings. The Morgan fingerprint density at radius 2 is 1.64 bits per heavy atom. The molecule has 1 N–H and O–H groups in total. The van der Waals surface area contributed by atoms with E-state index < -0.39 is 6.10 Å². The lowest BCUT2D eigenvalue weighted by molar-refractivity contribution is -0.122. The van der Waals surface area contributed by atoms with Crippen LogP contribution in [0.15, 0.2) is 36.4 Å². The zero-order valence-corrected chi connectivity index (χ0v) is 16.0. The van der Waals surface area contributed by atoms with Gasteiger partial charge in [0.05, 0.1) is 0 Å². The molecule has 2 rings (SSSR count). The Morgan fingerprint density at radius 3 is 2.16 bits per heavy atom. The number of amides is 1. The van der Waals surface area contributed by atoms with Gasteiger partial charge in [-0.15, -0.1) is 0 Å². The summed E-state index contributed by atoms with van der Waals surface area (Å²) in [6, 6.07) is 12.1. The van der Waals surface area contributed by atoms with E-state index in [4.69, 9.17) is 4.74 Å². The van der Waals surface area contributed by atoms with E-state index in [-0.39, 0.29) is 5.91 Å². The van der Waals surface area contributed by atoms with Gasteiger partial charge >= 0.3 is 0 Å². The Kier molecular flexibility index (Phi) is 6.63. The molecule has 3 nitrogen and oxygen atoms in total. The molecule has 134 valence electrons. The summed E-state index contributed by atoms with van der Waals surface area (Å²) in [4.78, 5) is 12.8. The van der Waals surface area contributed by atoms with Crippen molar-refractivity contribution in [3.63, 3.8) is 0 Å². The minimum absolute atomic E-state index is 0.0867. The summed E-state index contributed by atoms with van der Waals surface area (Å²) >= 11 is 0. The fourth-order valence-electron chi connectivity index (χ4n) is 2.88. The fraction of sp³-hybridized carbons (Fsp3) is 0.409. The monoisotopic (exact) mass is 339 g/mol. The van der Waals surface area contributed by atoms with E-state index in [1.165, 1.54) is 5.56 Å². The van der Waals surface area contributed by atoms with Gasteiger partial charge in [0.1, 0.15) is 5.75 Å². The van der Waals surface area contributed by atoms with Crippen LogP contribution in [0, 0.1) is 13.8 Å². The Bertz CT molecular complexity index is 715. The van der Waals surface area contributed by atoms with Gasteiger partial charge in [0.2, 0.25) is 0 Å². The number of hydrogen-bond donors (Lipinski definition) is 1. The molecule has 0 saturated heterocycles. The van der Waals surface area contributed by atoms with Crippen molar-refractivity contribution in [1.82, 2.24) is 0 Å². The van der Waals surface area contributed by atoms with Crippen LogP contribution in [0.25, 0.3) is 0 Å². The van der Waals surface area contributed by atoms with Crippen LogP contribution in [0.4, 0.5) is 5.69 Å². The number of benzene rings is 2. The summed E-state index contributed by atoms with van der Waals surface area (Å²) < 4.78 is 5.97. The molecule has 2 aromatic carbocycles. The first kappa shape index (κ1) is 19.0. The highest BCUT2D eigenvalue weighted by molar-refractivity contribution is 5.95. The normalized spacial score (nSPS) is 11.9. The molecule has 0 saturated carbocycles. The number of rotatable bonds is 7. The van der Waals surface area contributed by atoms with Gasteiger partial charge in [-0.2, -0.15) is 0 Å². The van der Waals surface area contributed by atoms with Crippen LogP contribution in [0.2, 0.25) is 0 Å². The van der Waals surface area contributed by atoms with E-state index in [0.29, 0.717) is 6.42 Å². The summed E-state index contributed by atoms with van der Waals surface area (Å²) in [5.74, 6) is 0.654. The van der Waals surface area contributed by atoms with E-state index >= 15 is 0 Å². The summed E-state index contributed by atoms with van der Waals surface area (Å²) in [7, 11) is 0. The predicted octanol–water partition coefficient (Wildman–Crippen LogP) is 5.22. The summed E-state index contributed by atoms with van der Waals surface area (Å²) in [6.07, 6.45) is 1.89. The second-order valence-electron chi connectivity index (χ2n) is 6.41. The third-order valence-electron chi connectivity index (χ3n) is 4.67. The predicted molar refractivity (Wildman–Crippen MR) is 104 cm³/mol. The molecule has 1 amide bonds. The molecular weight excluding hydrogens is 310 g/mol. The van der Waals surface area contributed by atoms with Crippen LogP contribution in [-0.2, 0) is 17.6 Å². The standard InChI is InChI=1S/C22H29NO2/c1-6-17-10-9-11-18(7-2)21(17)23-22(24)20(8-3)25-19-13-12-15(4)16(5)14-19/h9-14,20H,6-8H2,1-5H3,(H,23,24). The van der Waals surface area contributed by atoms with Gasteiger partial charge in [-0.1, -0.05) is 45.0 Å². The number of carbonyl (C=O) groups excluding carboxylic acids is 1. The van der Waals surface area contributed by atoms with E-state index in [2.05, 4.69) is 44.3 Å². The van der Waals surface area contributed by atoms with Crippen LogP contribution < -0.4 is 10.1 Å². The molecule has 0 aromatic heterocycles. The largest absolute Gasteiger partial charge is 0.481 e. The highest BCUT2D eigenvalue weighted by Crippen LogP contribution is 2.24. The third kappa shape index (κ3) is 4.62. The van der Waals surface area contributed by atoms with Crippen molar-refractivity contribution in [3.8, 4) is 5.75 Å². The second-order valence-corrected chi connectivity index (χ2v) is 6.41. The first-order valence-corrected chi connectivity index (χ1v) is 9.15. The maximum atomic E-state index is 12.8. The van der Waals surface area contributed by atoms with Gasteiger partial charge in [0, 0.05) is 5.69 Å². The lowest BCUT2D eigenvalue weighted by Crippen LogP contribution is -2.33. The lowest BCUT2D eigenvalue weighted by atomic mass is 10.0. The van der Waals surface area contributed by atoms with Gasteiger partial charge in [-0.25, -0.2) is 0 Å². The van der Waals surface area contributed by atoms with Crippen molar-refractivity contribution in [2.45, 2.75) is 60.0 Å². The van der Waals surface area contributed by atoms with Gasteiger partial charge in [-0.3, -0.25) is 4.79 Å². The van der Waals surface area contributed by atoms with Crippen molar-refractivity contribution < 1.29 is 9.53 Å². The molecule has 1 atom stereocenters. The molecule has 1 unspecified atom stereocenters. The van der Waals surface area contributed by atoms with Gasteiger partial charge in [0.25, 0.3) is 5.91 Å². The Labute approximate surface area is 151 Å². The molecule has 0 spiro atoms. The Balaban J connectivity index is 2.19. The van der Waals surface area contributed by atoms with Crippen molar-refractivity contribution in [2.24, 2.45) is 0 Å². The topological polar surface area (TPSA) is 38.3 Å². The van der Waals surface area contributed by atoms with E-state index in [0.717, 1.165) is 41.0 Å². The number of anilines is 1. The zero-order chi connectivity index (χ0) is 18.4. The van der Waals surface area contributed by atoms with Crippen LogP contribution in [-0.4, -0.2) is 12.0 Å². The summed E-state index contributed by atoms with van der Waals surface area (Å²) in [6.45, 7) is 10.3. The van der Waals surface area contributed by atoms with E-state index in [9.17, 15) is 4.79 Å². The molecule has 0 bridgehead atoms. The number of ether oxygens (including phenoxy) is 1. The van der Waals surface area contributed by atoms with Crippen molar-refractivity contribution in [1.29, 1.82) is 0 Å². The van der Waals surface area contributed by atoms with Gasteiger partial charge in [0.15, 0.2) is 6.10 Å². The summed E-state index contributed by atoms with van der Waals surface area (Å²) in [5.41, 5.74) is 5.65. The molecule has 3 heteroatoms. The number of carbonyl (C=O) groups is 1. The molecule has 0 aliphatic rings. The molecule has 0 radical (unpaired) electrons. The average molecular weight is 339 g/mol. The minimum atomic E-state index is -0.503. The number of aryl methyl sites for hydroxylation is 4. The van der Waals surface area contributed by atoms with Crippen LogP contribution in [0.3, 0.4) is 0 Å². The first-order valence-electron chi connectivity index (χ1n) is 9.15. The smallest absolute Gasteiger partial charge is 0.265 e. The average Bonchev–Trinajstić information content (AvgIpc) is 2.62. The van der Waals surface area contributed by atoms with Gasteiger partial charge in [-0.05, 0) is 67.5 Å². The highest BCUT2D eigenvalue weighted by atomic mass is 16.5. The Hall–Kier alpha value is -2.29. The van der Waals surface area contributed by atoms with Crippen LogP contribution in [0.5, 0.6) is 5.75 Å². The molecule has 25 heavy (non-hydrogen) atoms.